The maximum atomic E-state index is 11.9. The molecular formula is C18H24N2OS. The SMILES string of the molecule is Cc1ccsc1CN(C)CC(=O)NCCCc1ccccc1. The highest BCUT2D eigenvalue weighted by Gasteiger charge is 2.08. The van der Waals surface area contributed by atoms with E-state index in [0.29, 0.717) is 6.54 Å². The Morgan fingerprint density at radius 1 is 1.23 bits per heavy atom. The molecule has 0 fully saturated rings. The van der Waals surface area contributed by atoms with Crippen molar-refractivity contribution in [1.82, 2.24) is 10.2 Å². The van der Waals surface area contributed by atoms with E-state index in [1.165, 1.54) is 16.0 Å². The van der Waals surface area contributed by atoms with Crippen molar-refractivity contribution in [3.8, 4) is 0 Å². The Bertz CT molecular complexity index is 580. The van der Waals surface area contributed by atoms with Gasteiger partial charge in [-0.1, -0.05) is 30.3 Å². The molecule has 0 unspecified atom stereocenters. The van der Waals surface area contributed by atoms with Crippen molar-refractivity contribution in [3.05, 3.63) is 57.8 Å². The van der Waals surface area contributed by atoms with E-state index < -0.39 is 0 Å². The van der Waals surface area contributed by atoms with Crippen LogP contribution in [-0.4, -0.2) is 30.9 Å². The van der Waals surface area contributed by atoms with Crippen LogP contribution in [0.25, 0.3) is 0 Å². The van der Waals surface area contributed by atoms with E-state index in [4.69, 9.17) is 0 Å². The van der Waals surface area contributed by atoms with Crippen molar-refractivity contribution in [2.24, 2.45) is 0 Å². The summed E-state index contributed by atoms with van der Waals surface area (Å²) < 4.78 is 0. The first-order valence-electron chi connectivity index (χ1n) is 7.67. The van der Waals surface area contributed by atoms with Gasteiger partial charge in [-0.3, -0.25) is 9.69 Å². The van der Waals surface area contributed by atoms with E-state index in [1.807, 2.05) is 13.1 Å². The van der Waals surface area contributed by atoms with Crippen molar-refractivity contribution < 1.29 is 4.79 Å². The zero-order valence-corrected chi connectivity index (χ0v) is 14.2. The van der Waals surface area contributed by atoms with Crippen molar-refractivity contribution in [1.29, 1.82) is 0 Å². The fourth-order valence-electron chi connectivity index (χ4n) is 2.33. The minimum Gasteiger partial charge on any atom is -0.355 e. The van der Waals surface area contributed by atoms with Crippen molar-refractivity contribution in [2.45, 2.75) is 26.3 Å². The summed E-state index contributed by atoms with van der Waals surface area (Å²) in [5.41, 5.74) is 2.63. The average molecular weight is 316 g/mol. The molecule has 0 bridgehead atoms. The number of nitrogens with zero attached hydrogens (tertiary/aromatic N) is 1. The highest BCUT2D eigenvalue weighted by molar-refractivity contribution is 7.10. The molecule has 3 nitrogen and oxygen atoms in total. The molecule has 1 N–H and O–H groups in total. The molecule has 1 aromatic carbocycles. The topological polar surface area (TPSA) is 32.3 Å². The van der Waals surface area contributed by atoms with Crippen molar-refractivity contribution in [2.75, 3.05) is 20.1 Å². The summed E-state index contributed by atoms with van der Waals surface area (Å²) in [4.78, 5) is 15.3. The molecule has 2 aromatic rings. The number of hydrogen-bond acceptors (Lipinski definition) is 3. The van der Waals surface area contributed by atoms with Gasteiger partial charge in [-0.05, 0) is 49.4 Å². The third-order valence-electron chi connectivity index (χ3n) is 3.60. The molecular weight excluding hydrogens is 292 g/mol. The van der Waals surface area contributed by atoms with E-state index in [0.717, 1.165) is 25.9 Å². The maximum Gasteiger partial charge on any atom is 0.234 e. The third kappa shape index (κ3) is 5.62. The van der Waals surface area contributed by atoms with Gasteiger partial charge in [0, 0.05) is 18.0 Å². The Kier molecular flexibility index (Phi) is 6.62. The number of likely N-dealkylation sites (N-methyl/N-ethyl adjacent to an activating group) is 1. The highest BCUT2D eigenvalue weighted by Crippen LogP contribution is 2.16. The molecule has 0 saturated carbocycles. The smallest absolute Gasteiger partial charge is 0.234 e. The van der Waals surface area contributed by atoms with Crippen LogP contribution in [-0.2, 0) is 17.8 Å². The molecule has 118 valence electrons. The van der Waals surface area contributed by atoms with E-state index in [1.54, 1.807) is 11.3 Å². The van der Waals surface area contributed by atoms with Crippen LogP contribution in [0.4, 0.5) is 0 Å². The van der Waals surface area contributed by atoms with Gasteiger partial charge in [0.1, 0.15) is 0 Å². The summed E-state index contributed by atoms with van der Waals surface area (Å²) in [6, 6.07) is 12.5. The van der Waals surface area contributed by atoms with Crippen LogP contribution in [0.5, 0.6) is 0 Å². The predicted octanol–water partition coefficient (Wildman–Crippen LogP) is 3.24. The Labute approximate surface area is 137 Å². The van der Waals surface area contributed by atoms with Gasteiger partial charge in [-0.25, -0.2) is 0 Å². The van der Waals surface area contributed by atoms with E-state index >= 15 is 0 Å². The predicted molar refractivity (Wildman–Crippen MR) is 93.2 cm³/mol. The molecule has 2 rings (SSSR count). The standard InChI is InChI=1S/C18H24N2OS/c1-15-10-12-22-17(15)13-20(2)14-18(21)19-11-6-9-16-7-4-3-5-8-16/h3-5,7-8,10,12H,6,9,11,13-14H2,1-2H3,(H,19,21). The lowest BCUT2D eigenvalue weighted by Crippen LogP contribution is -2.35. The van der Waals surface area contributed by atoms with Gasteiger partial charge in [-0.15, -0.1) is 11.3 Å². The number of benzene rings is 1. The molecule has 22 heavy (non-hydrogen) atoms. The molecule has 0 aliphatic carbocycles. The molecule has 0 aliphatic rings. The minimum absolute atomic E-state index is 0.102. The summed E-state index contributed by atoms with van der Waals surface area (Å²) in [5, 5.41) is 5.10. The summed E-state index contributed by atoms with van der Waals surface area (Å²) >= 11 is 1.75. The highest BCUT2D eigenvalue weighted by atomic mass is 32.1. The number of carbonyl (C=O) groups excluding carboxylic acids is 1. The molecule has 1 heterocycles. The monoisotopic (exact) mass is 316 g/mol. The quantitative estimate of drug-likeness (QED) is 0.758. The maximum absolute atomic E-state index is 11.9. The van der Waals surface area contributed by atoms with Gasteiger partial charge in [0.2, 0.25) is 5.91 Å². The van der Waals surface area contributed by atoms with E-state index in [9.17, 15) is 4.79 Å². The van der Waals surface area contributed by atoms with Crippen LogP contribution in [0.1, 0.15) is 22.4 Å². The lowest BCUT2D eigenvalue weighted by Gasteiger charge is -2.16. The number of aryl methyl sites for hydroxylation is 2. The summed E-state index contributed by atoms with van der Waals surface area (Å²) in [6.07, 6.45) is 1.98. The second kappa shape index (κ2) is 8.71. The second-order valence-corrected chi connectivity index (χ2v) is 6.64. The zero-order chi connectivity index (χ0) is 15.8. The summed E-state index contributed by atoms with van der Waals surface area (Å²) in [5.74, 6) is 0.102. The van der Waals surface area contributed by atoms with Gasteiger partial charge in [-0.2, -0.15) is 0 Å². The molecule has 1 amide bonds. The van der Waals surface area contributed by atoms with Crippen LogP contribution in [0.3, 0.4) is 0 Å². The van der Waals surface area contributed by atoms with Crippen molar-refractivity contribution >= 4 is 17.2 Å². The number of thiophene rings is 1. The Hall–Kier alpha value is -1.65. The molecule has 0 radical (unpaired) electrons. The van der Waals surface area contributed by atoms with Gasteiger partial charge in [0.15, 0.2) is 0 Å². The van der Waals surface area contributed by atoms with Crippen LogP contribution < -0.4 is 5.32 Å². The first-order valence-corrected chi connectivity index (χ1v) is 8.55. The fraction of sp³-hybridized carbons (Fsp3) is 0.389. The number of hydrogen-bond donors (Lipinski definition) is 1. The Morgan fingerprint density at radius 3 is 2.68 bits per heavy atom. The largest absolute Gasteiger partial charge is 0.355 e. The molecule has 0 atom stereocenters. The van der Waals surface area contributed by atoms with Crippen molar-refractivity contribution in [3.63, 3.8) is 0 Å². The van der Waals surface area contributed by atoms with Crippen LogP contribution >= 0.6 is 11.3 Å². The normalized spacial score (nSPS) is 10.9. The zero-order valence-electron chi connectivity index (χ0n) is 13.3. The molecule has 0 saturated heterocycles. The van der Waals surface area contributed by atoms with E-state index in [-0.39, 0.29) is 5.91 Å². The molecule has 0 spiro atoms. The molecule has 0 aliphatic heterocycles. The number of carbonyl (C=O) groups is 1. The van der Waals surface area contributed by atoms with Crippen LogP contribution in [0, 0.1) is 6.92 Å². The first kappa shape index (κ1) is 16.7. The Morgan fingerprint density at radius 2 is 2.00 bits per heavy atom. The van der Waals surface area contributed by atoms with E-state index in [2.05, 4.69) is 52.9 Å². The van der Waals surface area contributed by atoms with Gasteiger partial charge in [0.05, 0.1) is 6.54 Å². The van der Waals surface area contributed by atoms with Crippen LogP contribution in [0.2, 0.25) is 0 Å². The Balaban J connectivity index is 1.62. The lowest BCUT2D eigenvalue weighted by molar-refractivity contribution is -0.122. The van der Waals surface area contributed by atoms with Gasteiger partial charge < -0.3 is 5.32 Å². The average Bonchev–Trinajstić information content (AvgIpc) is 2.90. The summed E-state index contributed by atoms with van der Waals surface area (Å²) in [6.45, 7) is 4.13. The number of rotatable bonds is 8. The van der Waals surface area contributed by atoms with Gasteiger partial charge in [0.25, 0.3) is 0 Å². The van der Waals surface area contributed by atoms with Gasteiger partial charge >= 0.3 is 0 Å². The molecule has 1 aromatic heterocycles. The number of nitrogens with one attached hydrogen (secondary N) is 1. The number of amides is 1. The fourth-order valence-corrected chi connectivity index (χ4v) is 3.32. The van der Waals surface area contributed by atoms with Crippen LogP contribution in [0.15, 0.2) is 41.8 Å². The second-order valence-electron chi connectivity index (χ2n) is 5.64. The lowest BCUT2D eigenvalue weighted by atomic mass is 10.1. The summed E-state index contributed by atoms with van der Waals surface area (Å²) in [7, 11) is 1.99. The first-order chi connectivity index (χ1) is 10.6. The molecule has 4 heteroatoms. The third-order valence-corrected chi connectivity index (χ3v) is 4.61. The minimum atomic E-state index is 0.102.